The van der Waals surface area contributed by atoms with Crippen molar-refractivity contribution in [1.82, 2.24) is 39.0 Å². The second-order valence-corrected chi connectivity index (χ2v) is 17.1. The van der Waals surface area contributed by atoms with Crippen molar-refractivity contribution >= 4 is 72.1 Å². The molecule has 1 spiro atoms. The number of ether oxygens (including phenoxy) is 1. The minimum Gasteiger partial charge on any atom is -0.388 e. The lowest BCUT2D eigenvalue weighted by molar-refractivity contribution is -0.0554. The van der Waals surface area contributed by atoms with E-state index in [2.05, 4.69) is 54.4 Å². The Labute approximate surface area is 263 Å². The first-order chi connectivity index (χ1) is 21.4. The number of nitrogens with zero attached hydrogens (tertiary/aromatic N) is 8. The zero-order valence-corrected chi connectivity index (χ0v) is 26.4. The van der Waals surface area contributed by atoms with Crippen LogP contribution in [0.5, 0.6) is 0 Å². The minimum atomic E-state index is -4.25. The third kappa shape index (κ3) is 4.71. The van der Waals surface area contributed by atoms with Crippen LogP contribution in [0.25, 0.3) is 22.3 Å². The number of thiol groups is 2. The molecule has 11 atom stereocenters. The highest BCUT2D eigenvalue weighted by Gasteiger charge is 2.74. The molecule has 0 aromatic carbocycles. The standard InChI is InChI=1S/C22H26N10O9P2S2/c23-17-10-19(27-4-25-17)31(6-29-10)12-8-1-22(8)3-38-43(36,45)40-15-13(33)9(2-37-42(35,44)41-16(22)14(12)34)39-21(15)32-7-30-11-18(24)26-5-28-20(11)32/h4-9,12-16,21,33-34H,1-3H2,(H,35,44)(H,36,45)(H2,23,25,27)(H2,24,26,28)/t8-,9-,12-,13-,14+,15-,16+,21-,22?,42+,43-/m1/s1. The van der Waals surface area contributed by atoms with Crippen LogP contribution in [-0.2, 0) is 32.0 Å². The third-order valence-electron chi connectivity index (χ3n) is 8.90. The lowest BCUT2D eigenvalue weighted by Crippen LogP contribution is -2.37. The predicted molar refractivity (Wildman–Crippen MR) is 160 cm³/mol. The number of aliphatic hydroxyl groups excluding tert-OH is 2. The van der Waals surface area contributed by atoms with E-state index in [9.17, 15) is 19.3 Å². The molecule has 2 saturated heterocycles. The van der Waals surface area contributed by atoms with Crippen LogP contribution in [-0.4, -0.2) is 93.0 Å². The van der Waals surface area contributed by atoms with Crippen LogP contribution in [0.2, 0.25) is 0 Å². The summed E-state index contributed by atoms with van der Waals surface area (Å²) in [7, 11) is 0. The first-order valence-corrected chi connectivity index (χ1v) is 19.0. The molecule has 4 aromatic heterocycles. The number of hydrogen-bond acceptors (Lipinski definition) is 17. The van der Waals surface area contributed by atoms with Gasteiger partial charge < -0.3 is 35.5 Å². The van der Waals surface area contributed by atoms with E-state index in [-0.39, 0.29) is 35.3 Å². The molecular weight excluding hydrogens is 674 g/mol. The molecule has 2 aliphatic heterocycles. The lowest BCUT2D eigenvalue weighted by Gasteiger charge is -2.31. The Morgan fingerprint density at radius 1 is 0.867 bits per heavy atom. The Kier molecular flexibility index (Phi) is 6.85. The molecule has 19 nitrogen and oxygen atoms in total. The number of anilines is 2. The summed E-state index contributed by atoms with van der Waals surface area (Å²) < 4.78 is 59.6. The van der Waals surface area contributed by atoms with Gasteiger partial charge in [0.15, 0.2) is 29.2 Å². The van der Waals surface area contributed by atoms with Gasteiger partial charge in [0.1, 0.15) is 54.2 Å². The zero-order chi connectivity index (χ0) is 31.5. The normalized spacial score (nSPS) is 41.7. The number of rotatable bonds is 2. The van der Waals surface area contributed by atoms with Gasteiger partial charge in [-0.15, -0.1) is 0 Å². The highest BCUT2D eigenvalue weighted by atomic mass is 32.7. The van der Waals surface area contributed by atoms with Crippen molar-refractivity contribution in [2.75, 3.05) is 24.7 Å². The minimum absolute atomic E-state index is 0.109. The molecule has 4 aromatic rings. The average molecular weight is 701 g/mol. The van der Waals surface area contributed by atoms with Crippen LogP contribution in [0.3, 0.4) is 0 Å². The fourth-order valence-corrected chi connectivity index (χ4v) is 9.76. The predicted octanol–water partition coefficient (Wildman–Crippen LogP) is 0.904. The van der Waals surface area contributed by atoms with Gasteiger partial charge in [0, 0.05) is 5.41 Å². The summed E-state index contributed by atoms with van der Waals surface area (Å²) in [6, 6.07) is -0.672. The largest absolute Gasteiger partial charge is 0.388 e. The van der Waals surface area contributed by atoms with Crippen LogP contribution in [0.15, 0.2) is 25.3 Å². The maximum Gasteiger partial charge on any atom is 0.386 e. The van der Waals surface area contributed by atoms with Crippen molar-refractivity contribution in [2.45, 2.75) is 49.2 Å². The van der Waals surface area contributed by atoms with E-state index in [1.807, 2.05) is 0 Å². The summed E-state index contributed by atoms with van der Waals surface area (Å²) in [4.78, 5) is 24.9. The molecule has 240 valence electrons. The molecule has 23 heteroatoms. The van der Waals surface area contributed by atoms with E-state index in [1.54, 1.807) is 4.57 Å². The van der Waals surface area contributed by atoms with E-state index in [4.69, 9.17) is 34.3 Å². The SMILES string of the molecule is Nc1ncnc2c1ncn2[C@H]1[C@H](O)[C@@H]2O[P@@](=O)(S)OC[C@H]3O[C@@H](n4cnc5c(N)ncnc54)[C@H](O[P@](=O)(S)OCC24C[C@H]14)[C@@H]3O. The number of aromatic nitrogens is 8. The molecule has 2 saturated carbocycles. The molecule has 6 heterocycles. The molecule has 0 amide bonds. The monoisotopic (exact) mass is 700 g/mol. The van der Waals surface area contributed by atoms with Crippen molar-refractivity contribution in [3.63, 3.8) is 0 Å². The van der Waals surface area contributed by atoms with Crippen LogP contribution < -0.4 is 11.5 Å². The van der Waals surface area contributed by atoms with Crippen LogP contribution >= 0.6 is 38.1 Å². The molecule has 6 N–H and O–H groups in total. The molecule has 4 aliphatic rings. The van der Waals surface area contributed by atoms with Crippen molar-refractivity contribution in [3.05, 3.63) is 25.3 Å². The van der Waals surface area contributed by atoms with E-state index in [0.717, 1.165) is 0 Å². The summed E-state index contributed by atoms with van der Waals surface area (Å²) in [6.45, 7) is -9.24. The lowest BCUT2D eigenvalue weighted by atomic mass is 10.0. The molecular formula is C22H26N10O9P2S2. The highest BCUT2D eigenvalue weighted by Crippen LogP contribution is 2.73. The summed E-state index contributed by atoms with van der Waals surface area (Å²) in [5.41, 5.74) is 12.1. The number of nitrogen functional groups attached to an aromatic ring is 2. The smallest absolute Gasteiger partial charge is 0.386 e. The number of nitrogens with two attached hydrogens (primary N) is 2. The highest BCUT2D eigenvalue weighted by molar-refractivity contribution is 8.44. The summed E-state index contributed by atoms with van der Waals surface area (Å²) >= 11 is 8.39. The van der Waals surface area contributed by atoms with Gasteiger partial charge >= 0.3 is 13.6 Å². The zero-order valence-electron chi connectivity index (χ0n) is 22.8. The van der Waals surface area contributed by atoms with E-state index in [0.29, 0.717) is 17.6 Å². The van der Waals surface area contributed by atoms with Gasteiger partial charge in [-0.05, 0) is 12.3 Å². The second-order valence-electron chi connectivity index (χ2n) is 11.3. The molecule has 45 heavy (non-hydrogen) atoms. The fourth-order valence-electron chi connectivity index (χ4n) is 6.73. The summed E-state index contributed by atoms with van der Waals surface area (Å²) in [5, 5.41) is 22.8. The molecule has 4 fully saturated rings. The van der Waals surface area contributed by atoms with Crippen molar-refractivity contribution in [1.29, 1.82) is 0 Å². The number of aliphatic hydroxyl groups is 2. The van der Waals surface area contributed by atoms with E-state index >= 15 is 0 Å². The van der Waals surface area contributed by atoms with Gasteiger partial charge in [-0.2, -0.15) is 0 Å². The number of imidazole rings is 2. The Bertz CT molecular complexity index is 1930. The van der Waals surface area contributed by atoms with Crippen LogP contribution in [0, 0.1) is 11.3 Å². The van der Waals surface area contributed by atoms with E-state index < -0.39 is 68.4 Å². The maximum absolute atomic E-state index is 13.7. The quantitative estimate of drug-likeness (QED) is 0.125. The third-order valence-corrected chi connectivity index (χ3v) is 12.1. The van der Waals surface area contributed by atoms with Gasteiger partial charge in [-0.25, -0.2) is 39.0 Å². The molecule has 8 rings (SSSR count). The first-order valence-electron chi connectivity index (χ1n) is 13.6. The van der Waals surface area contributed by atoms with Crippen molar-refractivity contribution in [2.24, 2.45) is 11.3 Å². The topological polar surface area (TPSA) is 260 Å². The van der Waals surface area contributed by atoms with E-state index in [1.165, 1.54) is 29.9 Å². The van der Waals surface area contributed by atoms with Gasteiger partial charge in [0.05, 0.1) is 31.9 Å². The molecule has 1 unspecified atom stereocenters. The number of fused-ring (bicyclic) bond motifs is 4. The molecule has 2 bridgehead atoms. The van der Waals surface area contributed by atoms with Gasteiger partial charge in [-0.1, -0.05) is 24.5 Å². The van der Waals surface area contributed by atoms with Crippen molar-refractivity contribution < 1.29 is 42.2 Å². The Hall–Kier alpha value is -2.42. The van der Waals surface area contributed by atoms with Gasteiger partial charge in [-0.3, -0.25) is 18.1 Å². The number of hydrogen-bond donors (Lipinski definition) is 6. The first kappa shape index (κ1) is 29.9. The van der Waals surface area contributed by atoms with Crippen LogP contribution in [0.1, 0.15) is 18.7 Å². The summed E-state index contributed by atoms with van der Waals surface area (Å²) in [5.74, 6) is -0.0617. The average Bonchev–Trinajstić information content (AvgIpc) is 3.28. The van der Waals surface area contributed by atoms with Crippen LogP contribution in [0.4, 0.5) is 11.6 Å². The van der Waals surface area contributed by atoms with Gasteiger partial charge in [0.2, 0.25) is 0 Å². The Morgan fingerprint density at radius 3 is 2.18 bits per heavy atom. The summed E-state index contributed by atoms with van der Waals surface area (Å²) in [6.07, 6.45) is -1.85. The van der Waals surface area contributed by atoms with Gasteiger partial charge in [0.25, 0.3) is 0 Å². The maximum atomic E-state index is 13.7. The second kappa shape index (κ2) is 10.3. The van der Waals surface area contributed by atoms with Crippen molar-refractivity contribution in [3.8, 4) is 0 Å². The molecule has 2 aliphatic carbocycles. The fraction of sp³-hybridized carbons (Fsp3) is 0.545. The Balaban J connectivity index is 1.14. The Morgan fingerprint density at radius 2 is 1.49 bits per heavy atom. The molecule has 0 radical (unpaired) electrons.